The Morgan fingerprint density at radius 2 is 1.70 bits per heavy atom. The van der Waals surface area contributed by atoms with Gasteiger partial charge >= 0.3 is 0 Å². The van der Waals surface area contributed by atoms with Crippen LogP contribution in [0.25, 0.3) is 0 Å². The van der Waals surface area contributed by atoms with Gasteiger partial charge in [-0.05, 0) is 59.1 Å². The molecule has 1 heterocycles. The van der Waals surface area contributed by atoms with Crippen molar-refractivity contribution in [3.8, 4) is 0 Å². The van der Waals surface area contributed by atoms with Gasteiger partial charge in [-0.3, -0.25) is 4.79 Å². The lowest BCUT2D eigenvalue weighted by molar-refractivity contribution is 0.102. The maximum Gasteiger partial charge on any atom is 0.257 e. The Balaban J connectivity index is 1.89. The summed E-state index contributed by atoms with van der Waals surface area (Å²) in [5.41, 5.74) is 0.711. The van der Waals surface area contributed by atoms with E-state index in [2.05, 4.69) is 21.2 Å². The van der Waals surface area contributed by atoms with Gasteiger partial charge in [-0.15, -0.1) is 0 Å². The number of carbonyl (C=O) groups excluding carboxylic acids is 1. The Morgan fingerprint density at radius 1 is 1.04 bits per heavy atom. The number of anilines is 1. The number of hydrogen-bond donors (Lipinski definition) is 1. The fourth-order valence-corrected chi connectivity index (χ4v) is 5.15. The molecule has 8 heteroatoms. The van der Waals surface area contributed by atoms with E-state index >= 15 is 0 Å². The second-order valence-electron chi connectivity index (χ2n) is 6.39. The zero-order chi connectivity index (χ0) is 19.4. The lowest BCUT2D eigenvalue weighted by atomic mass is 10.2. The summed E-state index contributed by atoms with van der Waals surface area (Å²) < 4.78 is 28.2. The van der Waals surface area contributed by atoms with E-state index in [1.807, 2.05) is 6.07 Å². The quantitative estimate of drug-likeness (QED) is 0.688. The smallest absolute Gasteiger partial charge is 0.257 e. The van der Waals surface area contributed by atoms with E-state index in [1.165, 1.54) is 22.5 Å². The van der Waals surface area contributed by atoms with Gasteiger partial charge in [0, 0.05) is 17.6 Å². The van der Waals surface area contributed by atoms with Crippen LogP contribution < -0.4 is 5.32 Å². The van der Waals surface area contributed by atoms with E-state index in [4.69, 9.17) is 11.6 Å². The summed E-state index contributed by atoms with van der Waals surface area (Å²) in [6, 6.07) is 11.4. The lowest BCUT2D eigenvalue weighted by Crippen LogP contribution is -2.32. The molecule has 144 valence electrons. The molecule has 1 amide bonds. The van der Waals surface area contributed by atoms with Crippen molar-refractivity contribution >= 4 is 49.1 Å². The summed E-state index contributed by atoms with van der Waals surface area (Å²) in [6.07, 6.45) is 3.77. The molecule has 2 aromatic rings. The second-order valence-corrected chi connectivity index (χ2v) is 9.59. The third kappa shape index (κ3) is 4.71. The number of benzene rings is 2. The molecule has 0 spiro atoms. The molecular weight excluding hydrogens is 452 g/mol. The molecule has 0 aromatic heterocycles. The van der Waals surface area contributed by atoms with Crippen LogP contribution in [0.1, 0.15) is 36.0 Å². The molecule has 1 aliphatic rings. The van der Waals surface area contributed by atoms with Crippen molar-refractivity contribution in [3.05, 3.63) is 57.5 Å². The summed E-state index contributed by atoms with van der Waals surface area (Å²) in [5, 5.41) is 2.96. The zero-order valence-corrected chi connectivity index (χ0v) is 17.8. The monoisotopic (exact) mass is 470 g/mol. The molecule has 0 unspecified atom stereocenters. The van der Waals surface area contributed by atoms with Crippen molar-refractivity contribution in [2.24, 2.45) is 0 Å². The van der Waals surface area contributed by atoms with Crippen LogP contribution in [-0.2, 0) is 10.0 Å². The maximum absolute atomic E-state index is 13.0. The summed E-state index contributed by atoms with van der Waals surface area (Å²) in [4.78, 5) is 12.8. The first-order valence-electron chi connectivity index (χ1n) is 8.75. The second kappa shape index (κ2) is 8.73. The number of carbonyl (C=O) groups is 1. The lowest BCUT2D eigenvalue weighted by Gasteiger charge is -2.20. The average Bonchev–Trinajstić information content (AvgIpc) is 2.94. The number of amides is 1. The minimum absolute atomic E-state index is 0.0890. The number of sulfonamides is 1. The molecule has 0 radical (unpaired) electrons. The SMILES string of the molecule is O=C(Nc1ccccc1Br)c1cc(S(=O)(=O)N2CCCCCC2)ccc1Cl. The first-order valence-corrected chi connectivity index (χ1v) is 11.4. The van der Waals surface area contributed by atoms with Gasteiger partial charge in [0.15, 0.2) is 0 Å². The van der Waals surface area contributed by atoms with Crippen LogP contribution in [0.15, 0.2) is 51.8 Å². The van der Waals surface area contributed by atoms with Gasteiger partial charge in [0.1, 0.15) is 0 Å². The van der Waals surface area contributed by atoms with E-state index in [9.17, 15) is 13.2 Å². The van der Waals surface area contributed by atoms with Crippen LogP contribution in [0.2, 0.25) is 5.02 Å². The van der Waals surface area contributed by atoms with Crippen LogP contribution in [0.5, 0.6) is 0 Å². The van der Waals surface area contributed by atoms with Crippen LogP contribution in [-0.4, -0.2) is 31.7 Å². The topological polar surface area (TPSA) is 66.5 Å². The highest BCUT2D eigenvalue weighted by molar-refractivity contribution is 9.10. The summed E-state index contributed by atoms with van der Waals surface area (Å²) in [6.45, 7) is 1.01. The summed E-state index contributed by atoms with van der Waals surface area (Å²) >= 11 is 9.55. The Morgan fingerprint density at radius 3 is 2.37 bits per heavy atom. The molecule has 3 rings (SSSR count). The van der Waals surface area contributed by atoms with Crippen LogP contribution in [0.4, 0.5) is 5.69 Å². The highest BCUT2D eigenvalue weighted by atomic mass is 79.9. The number of nitrogens with one attached hydrogen (secondary N) is 1. The van der Waals surface area contributed by atoms with Gasteiger partial charge in [-0.2, -0.15) is 4.31 Å². The number of hydrogen-bond acceptors (Lipinski definition) is 3. The molecule has 0 atom stereocenters. The predicted octanol–water partition coefficient (Wildman–Crippen LogP) is 4.92. The van der Waals surface area contributed by atoms with Gasteiger partial charge in [0.05, 0.1) is 21.2 Å². The van der Waals surface area contributed by atoms with Crippen molar-refractivity contribution in [2.75, 3.05) is 18.4 Å². The average molecular weight is 472 g/mol. The summed E-state index contributed by atoms with van der Waals surface area (Å²) in [7, 11) is -3.65. The summed E-state index contributed by atoms with van der Waals surface area (Å²) in [5.74, 6) is -0.459. The highest BCUT2D eigenvalue weighted by Gasteiger charge is 2.26. The Hall–Kier alpha value is -1.41. The fraction of sp³-hybridized carbons (Fsp3) is 0.316. The first kappa shape index (κ1) is 20.3. The zero-order valence-electron chi connectivity index (χ0n) is 14.6. The minimum atomic E-state index is -3.65. The number of rotatable bonds is 4. The van der Waals surface area contributed by atoms with Gasteiger partial charge < -0.3 is 5.32 Å². The molecule has 0 bridgehead atoms. The van der Waals surface area contributed by atoms with Gasteiger partial charge in [-0.1, -0.05) is 36.6 Å². The molecule has 1 saturated heterocycles. The molecule has 1 aliphatic heterocycles. The van der Waals surface area contributed by atoms with Gasteiger partial charge in [0.25, 0.3) is 5.91 Å². The van der Waals surface area contributed by atoms with Crippen LogP contribution in [0, 0.1) is 0 Å². The molecule has 0 aliphatic carbocycles. The van der Waals surface area contributed by atoms with E-state index in [0.717, 1.165) is 30.2 Å². The van der Waals surface area contributed by atoms with Gasteiger partial charge in [-0.25, -0.2) is 8.42 Å². The van der Waals surface area contributed by atoms with Crippen molar-refractivity contribution < 1.29 is 13.2 Å². The number of nitrogens with zero attached hydrogens (tertiary/aromatic N) is 1. The van der Waals surface area contributed by atoms with E-state index in [1.54, 1.807) is 18.2 Å². The molecule has 2 aromatic carbocycles. The number of halogens is 2. The van der Waals surface area contributed by atoms with E-state index < -0.39 is 15.9 Å². The van der Waals surface area contributed by atoms with Crippen LogP contribution >= 0.6 is 27.5 Å². The first-order chi connectivity index (χ1) is 12.9. The largest absolute Gasteiger partial charge is 0.321 e. The normalized spacial score (nSPS) is 15.9. The number of para-hydroxylation sites is 1. The Kier molecular flexibility index (Phi) is 6.57. The van der Waals surface area contributed by atoms with Gasteiger partial charge in [0.2, 0.25) is 10.0 Å². The maximum atomic E-state index is 13.0. The van der Waals surface area contributed by atoms with Crippen molar-refractivity contribution in [1.82, 2.24) is 4.31 Å². The van der Waals surface area contributed by atoms with Crippen molar-refractivity contribution in [1.29, 1.82) is 0 Å². The molecular formula is C19H20BrClN2O3S. The van der Waals surface area contributed by atoms with E-state index in [-0.39, 0.29) is 15.5 Å². The molecule has 1 fully saturated rings. The van der Waals surface area contributed by atoms with Crippen molar-refractivity contribution in [3.63, 3.8) is 0 Å². The molecule has 27 heavy (non-hydrogen) atoms. The van der Waals surface area contributed by atoms with Crippen LogP contribution in [0.3, 0.4) is 0 Å². The predicted molar refractivity (Wildman–Crippen MR) is 111 cm³/mol. The van der Waals surface area contributed by atoms with Crippen molar-refractivity contribution in [2.45, 2.75) is 30.6 Å². The highest BCUT2D eigenvalue weighted by Crippen LogP contribution is 2.27. The Bertz CT molecular complexity index is 942. The van der Waals surface area contributed by atoms with E-state index in [0.29, 0.717) is 18.8 Å². The minimum Gasteiger partial charge on any atom is -0.321 e. The molecule has 1 N–H and O–H groups in total. The fourth-order valence-electron chi connectivity index (χ4n) is 3.02. The third-order valence-corrected chi connectivity index (χ3v) is 7.42. The molecule has 0 saturated carbocycles. The standard InChI is InChI=1S/C19H20BrClN2O3S/c20-16-7-3-4-8-18(16)22-19(24)15-13-14(9-10-17(15)21)27(25,26)23-11-5-1-2-6-12-23/h3-4,7-10,13H,1-2,5-6,11-12H2,(H,22,24). The third-order valence-electron chi connectivity index (χ3n) is 4.51. The molecule has 5 nitrogen and oxygen atoms in total. The Labute approximate surface area is 172 Å².